The van der Waals surface area contributed by atoms with Crippen LogP contribution in [0.15, 0.2) is 21.8 Å². The molecule has 0 fully saturated rings. The predicted molar refractivity (Wildman–Crippen MR) is 105 cm³/mol. The summed E-state index contributed by atoms with van der Waals surface area (Å²) in [5.74, 6) is -0.930. The van der Waals surface area contributed by atoms with Crippen LogP contribution >= 0.6 is 0 Å². The molecule has 26 heavy (non-hydrogen) atoms. The molecule has 6 heteroatoms. The molecular formula is C20H35F3O2Sn. The van der Waals surface area contributed by atoms with E-state index in [4.69, 9.17) is 0 Å². The van der Waals surface area contributed by atoms with Gasteiger partial charge in [0.25, 0.3) is 0 Å². The van der Waals surface area contributed by atoms with E-state index in [-0.39, 0.29) is 6.61 Å². The van der Waals surface area contributed by atoms with Crippen LogP contribution in [0.2, 0.25) is 13.3 Å². The third-order valence-electron chi connectivity index (χ3n) is 4.59. The van der Waals surface area contributed by atoms with E-state index in [1.807, 2.05) is 4.09 Å². The zero-order valence-electron chi connectivity index (χ0n) is 16.8. The van der Waals surface area contributed by atoms with Crippen molar-refractivity contribution in [3.05, 3.63) is 21.8 Å². The van der Waals surface area contributed by atoms with E-state index in [9.17, 15) is 18.0 Å². The van der Waals surface area contributed by atoms with Gasteiger partial charge in [0.1, 0.15) is 0 Å². The molecule has 2 nitrogen and oxygen atoms in total. The molecule has 0 heterocycles. The second-order valence-electron chi connectivity index (χ2n) is 6.86. The average Bonchev–Trinajstić information content (AvgIpc) is 2.58. The zero-order chi connectivity index (χ0) is 20.1. The SMILES string of the molecule is CCC[CH2][Sn](/[CH]=C/C(=C\C(=O)OCC)C(F)(F)F)([CH2]CCC)[CH2]CCC. The van der Waals surface area contributed by atoms with Gasteiger partial charge in [-0.1, -0.05) is 0 Å². The van der Waals surface area contributed by atoms with Gasteiger partial charge < -0.3 is 0 Å². The molecule has 0 bridgehead atoms. The molecule has 0 rings (SSSR count). The molecule has 0 amide bonds. The Labute approximate surface area is 161 Å². The monoisotopic (exact) mass is 484 g/mol. The number of hydrogen-bond donors (Lipinski definition) is 0. The second-order valence-corrected chi connectivity index (χ2v) is 19.9. The number of halogens is 3. The molecule has 0 N–H and O–H groups in total. The van der Waals surface area contributed by atoms with Crippen molar-refractivity contribution >= 4 is 24.3 Å². The van der Waals surface area contributed by atoms with Gasteiger partial charge in [0.2, 0.25) is 0 Å². The van der Waals surface area contributed by atoms with Gasteiger partial charge in [0.05, 0.1) is 0 Å². The minimum atomic E-state index is -4.54. The Morgan fingerprint density at radius 1 is 0.923 bits per heavy atom. The Morgan fingerprint density at radius 2 is 1.38 bits per heavy atom. The summed E-state index contributed by atoms with van der Waals surface area (Å²) in [5, 5.41) is 0. The van der Waals surface area contributed by atoms with Crippen LogP contribution in [0.3, 0.4) is 0 Å². The van der Waals surface area contributed by atoms with Crippen LogP contribution < -0.4 is 0 Å². The fraction of sp³-hybridized carbons (Fsp3) is 0.750. The topological polar surface area (TPSA) is 26.3 Å². The number of rotatable bonds is 13. The van der Waals surface area contributed by atoms with Gasteiger partial charge >= 0.3 is 161 Å². The molecule has 0 spiro atoms. The van der Waals surface area contributed by atoms with Crippen LogP contribution in [-0.4, -0.2) is 37.1 Å². The van der Waals surface area contributed by atoms with Crippen LogP contribution in [0.1, 0.15) is 66.2 Å². The zero-order valence-corrected chi connectivity index (χ0v) is 19.6. The maximum atomic E-state index is 13.3. The minimum absolute atomic E-state index is 0.0663. The summed E-state index contributed by atoms with van der Waals surface area (Å²) in [6, 6.07) is 0. The Hall–Kier alpha value is -0.461. The molecule has 0 atom stereocenters. The molecule has 0 aromatic heterocycles. The molecule has 0 radical (unpaired) electrons. The average molecular weight is 483 g/mol. The van der Waals surface area contributed by atoms with E-state index >= 15 is 0 Å². The number of allylic oxidation sites excluding steroid dienone is 2. The summed E-state index contributed by atoms with van der Waals surface area (Å²) in [7, 11) is 0. The van der Waals surface area contributed by atoms with Gasteiger partial charge in [0.15, 0.2) is 0 Å². The normalized spacial score (nSPS) is 13.4. The van der Waals surface area contributed by atoms with Crippen molar-refractivity contribution in [2.45, 2.75) is 85.7 Å². The van der Waals surface area contributed by atoms with Crippen LogP contribution in [0.5, 0.6) is 0 Å². The maximum absolute atomic E-state index is 13.3. The van der Waals surface area contributed by atoms with Crippen LogP contribution in [0.25, 0.3) is 0 Å². The number of alkyl halides is 3. The van der Waals surface area contributed by atoms with Gasteiger partial charge in [0, 0.05) is 0 Å². The van der Waals surface area contributed by atoms with Gasteiger partial charge in [-0.05, 0) is 0 Å². The molecule has 0 unspecified atom stereocenters. The number of hydrogen-bond acceptors (Lipinski definition) is 2. The number of unbranched alkanes of at least 4 members (excludes halogenated alkanes) is 3. The molecule has 0 aromatic carbocycles. The summed E-state index contributed by atoms with van der Waals surface area (Å²) in [4.78, 5) is 11.5. The molecule has 0 aliphatic rings. The summed E-state index contributed by atoms with van der Waals surface area (Å²) < 4.78 is 49.9. The number of esters is 1. The van der Waals surface area contributed by atoms with Crippen LogP contribution in [0, 0.1) is 0 Å². The summed E-state index contributed by atoms with van der Waals surface area (Å²) in [5.41, 5.74) is -0.887. The van der Waals surface area contributed by atoms with Gasteiger partial charge in [-0.3, -0.25) is 0 Å². The van der Waals surface area contributed by atoms with Crippen LogP contribution in [-0.2, 0) is 9.53 Å². The first kappa shape index (κ1) is 25.5. The first-order valence-corrected chi connectivity index (χ1v) is 17.6. The Morgan fingerprint density at radius 3 is 1.73 bits per heavy atom. The van der Waals surface area contributed by atoms with Crippen molar-refractivity contribution in [1.82, 2.24) is 0 Å². The molecule has 0 saturated heterocycles. The van der Waals surface area contributed by atoms with E-state index in [0.29, 0.717) is 6.08 Å². The number of ether oxygens (including phenoxy) is 1. The molecule has 152 valence electrons. The van der Waals surface area contributed by atoms with Crippen molar-refractivity contribution in [2.75, 3.05) is 6.61 Å². The van der Waals surface area contributed by atoms with Crippen molar-refractivity contribution in [3.63, 3.8) is 0 Å². The van der Waals surface area contributed by atoms with Gasteiger partial charge in [-0.15, -0.1) is 0 Å². The fourth-order valence-corrected chi connectivity index (χ4v) is 17.2. The van der Waals surface area contributed by atoms with E-state index in [1.54, 1.807) is 6.92 Å². The van der Waals surface area contributed by atoms with E-state index in [1.165, 1.54) is 6.08 Å². The standard InChI is InChI=1S/C8H8F3O2.3C4H9.Sn/c1-3-6(8(9,10)11)5-7(12)13-4-2;3*1-3-4-2;/h1,3,5H,4H2,2H3;3*1,3-4H2,2H3;/b3-1?,6-5+;;;;. The van der Waals surface area contributed by atoms with Gasteiger partial charge in [-0.25, -0.2) is 0 Å². The Bertz CT molecular complexity index is 435. The van der Waals surface area contributed by atoms with Crippen molar-refractivity contribution in [2.24, 2.45) is 0 Å². The fourth-order valence-electron chi connectivity index (χ4n) is 3.01. The van der Waals surface area contributed by atoms with E-state index in [0.717, 1.165) is 51.8 Å². The molecular weight excluding hydrogens is 448 g/mol. The van der Waals surface area contributed by atoms with E-state index in [2.05, 4.69) is 25.5 Å². The number of carbonyl (C=O) groups is 1. The third-order valence-corrected chi connectivity index (χ3v) is 18.6. The van der Waals surface area contributed by atoms with Crippen molar-refractivity contribution in [3.8, 4) is 0 Å². The Balaban J connectivity index is 5.69. The first-order valence-electron chi connectivity index (χ1n) is 9.89. The second kappa shape index (κ2) is 13.7. The van der Waals surface area contributed by atoms with Gasteiger partial charge in [-0.2, -0.15) is 0 Å². The molecule has 0 aliphatic heterocycles. The molecule has 0 saturated carbocycles. The third kappa shape index (κ3) is 10.6. The summed E-state index contributed by atoms with van der Waals surface area (Å²) in [6.07, 6.45) is 3.68. The first-order chi connectivity index (χ1) is 12.2. The Kier molecular flexibility index (Phi) is 13.4. The van der Waals surface area contributed by atoms with E-state index < -0.39 is 36.1 Å². The summed E-state index contributed by atoms with van der Waals surface area (Å²) >= 11 is -2.82. The van der Waals surface area contributed by atoms with Crippen molar-refractivity contribution < 1.29 is 22.7 Å². The molecule has 0 aliphatic carbocycles. The quantitative estimate of drug-likeness (QED) is 0.122. The predicted octanol–water partition coefficient (Wildman–Crippen LogP) is 6.98. The van der Waals surface area contributed by atoms with Crippen molar-refractivity contribution in [1.29, 1.82) is 0 Å². The number of carbonyl (C=O) groups excluding carboxylic acids is 1. The molecule has 0 aromatic rings. The summed E-state index contributed by atoms with van der Waals surface area (Å²) in [6.45, 7) is 8.03. The van der Waals surface area contributed by atoms with Crippen LogP contribution in [0.4, 0.5) is 13.2 Å².